The van der Waals surface area contributed by atoms with Gasteiger partial charge in [-0.1, -0.05) is 6.07 Å². The van der Waals surface area contributed by atoms with Gasteiger partial charge in [-0.2, -0.15) is 0 Å². The summed E-state index contributed by atoms with van der Waals surface area (Å²) in [6, 6.07) is 3.11. The molecule has 2 aliphatic heterocycles. The molecule has 1 amide bonds. The van der Waals surface area contributed by atoms with E-state index in [4.69, 9.17) is 0 Å². The Morgan fingerprint density at radius 2 is 2.08 bits per heavy atom. The van der Waals surface area contributed by atoms with Crippen LogP contribution in [0, 0.1) is 11.6 Å². The second-order valence-corrected chi connectivity index (χ2v) is 6.73. The van der Waals surface area contributed by atoms with Gasteiger partial charge in [-0.3, -0.25) is 4.79 Å². The van der Waals surface area contributed by atoms with Crippen molar-refractivity contribution in [2.24, 2.45) is 0 Å². The lowest BCUT2D eigenvalue weighted by molar-refractivity contribution is 0.0710. The lowest BCUT2D eigenvalue weighted by Crippen LogP contribution is -2.32. The van der Waals surface area contributed by atoms with E-state index in [1.165, 1.54) is 11.0 Å². The van der Waals surface area contributed by atoms with Gasteiger partial charge in [0.05, 0.1) is 12.1 Å². The molecule has 2 aliphatic rings. The SMILES string of the molecule is O=C(c1cn2c(n1)CCCC2)N1C[C@H](O)C[C@@H]1c1ccc(F)c(F)c1. The van der Waals surface area contributed by atoms with Crippen molar-refractivity contribution in [1.29, 1.82) is 0 Å². The first-order valence-corrected chi connectivity index (χ1v) is 8.53. The number of aliphatic hydroxyl groups excluding tert-OH is 1. The van der Waals surface area contributed by atoms with Crippen LogP contribution < -0.4 is 0 Å². The molecular formula is C18H19F2N3O2. The average Bonchev–Trinajstić information content (AvgIpc) is 3.20. The first kappa shape index (κ1) is 16.2. The summed E-state index contributed by atoms with van der Waals surface area (Å²) in [6.45, 7) is 1.01. The summed E-state index contributed by atoms with van der Waals surface area (Å²) in [7, 11) is 0. The molecule has 1 N–H and O–H groups in total. The van der Waals surface area contributed by atoms with Gasteiger partial charge in [0.15, 0.2) is 11.6 Å². The summed E-state index contributed by atoms with van der Waals surface area (Å²) in [4.78, 5) is 18.9. The van der Waals surface area contributed by atoms with Crippen molar-refractivity contribution in [3.8, 4) is 0 Å². The van der Waals surface area contributed by atoms with E-state index in [1.807, 2.05) is 4.57 Å². The highest BCUT2D eigenvalue weighted by atomic mass is 19.2. The lowest BCUT2D eigenvalue weighted by Gasteiger charge is -2.24. The number of rotatable bonds is 2. The van der Waals surface area contributed by atoms with Crippen molar-refractivity contribution in [3.05, 3.63) is 53.1 Å². The van der Waals surface area contributed by atoms with Crippen molar-refractivity contribution in [2.45, 2.75) is 44.4 Å². The molecule has 0 unspecified atom stereocenters. The van der Waals surface area contributed by atoms with Crippen molar-refractivity contribution in [3.63, 3.8) is 0 Å². The number of carbonyl (C=O) groups is 1. The number of aromatic nitrogens is 2. The van der Waals surface area contributed by atoms with Gasteiger partial charge in [-0.05, 0) is 37.0 Å². The second-order valence-electron chi connectivity index (χ2n) is 6.73. The lowest BCUT2D eigenvalue weighted by atomic mass is 10.0. The monoisotopic (exact) mass is 347 g/mol. The molecule has 0 aliphatic carbocycles. The minimum absolute atomic E-state index is 0.157. The van der Waals surface area contributed by atoms with Crippen LogP contribution in [0.4, 0.5) is 8.78 Å². The minimum atomic E-state index is -0.955. The van der Waals surface area contributed by atoms with Gasteiger partial charge < -0.3 is 14.6 Å². The van der Waals surface area contributed by atoms with Gasteiger partial charge in [0, 0.05) is 25.7 Å². The van der Waals surface area contributed by atoms with E-state index in [1.54, 1.807) is 6.20 Å². The van der Waals surface area contributed by atoms with Crippen molar-refractivity contribution in [1.82, 2.24) is 14.5 Å². The molecule has 4 rings (SSSR count). The van der Waals surface area contributed by atoms with Crippen LogP contribution in [-0.2, 0) is 13.0 Å². The molecule has 2 atom stereocenters. The number of amides is 1. The number of nitrogens with zero attached hydrogens (tertiary/aromatic N) is 3. The molecular weight excluding hydrogens is 328 g/mol. The number of likely N-dealkylation sites (tertiary alicyclic amines) is 1. The van der Waals surface area contributed by atoms with Gasteiger partial charge in [-0.15, -0.1) is 0 Å². The predicted octanol–water partition coefficient (Wildman–Crippen LogP) is 2.45. The van der Waals surface area contributed by atoms with Crippen molar-refractivity contribution >= 4 is 5.91 Å². The molecule has 25 heavy (non-hydrogen) atoms. The highest BCUT2D eigenvalue weighted by Crippen LogP contribution is 2.34. The Bertz CT molecular complexity index is 797. The second kappa shape index (κ2) is 6.22. The molecule has 0 bridgehead atoms. The molecule has 5 nitrogen and oxygen atoms in total. The van der Waals surface area contributed by atoms with Crippen LogP contribution in [0.2, 0.25) is 0 Å². The van der Waals surface area contributed by atoms with E-state index in [0.717, 1.165) is 43.8 Å². The summed E-state index contributed by atoms with van der Waals surface area (Å²) in [5.41, 5.74) is 0.825. The third-order valence-electron chi connectivity index (χ3n) is 5.00. The molecule has 3 heterocycles. The number of hydrogen-bond acceptors (Lipinski definition) is 3. The Labute approximate surface area is 143 Å². The number of β-amino-alcohol motifs (C(OH)–C–C–N with tert-alkyl or cyclic N) is 1. The standard InChI is InChI=1S/C18H19F2N3O2/c19-13-5-4-11(7-14(13)20)16-8-12(24)9-23(16)18(25)15-10-22-6-2-1-3-17(22)21-15/h4-5,7,10,12,16,24H,1-3,6,8-9H2/t12-,16-/m1/s1. The highest BCUT2D eigenvalue weighted by molar-refractivity contribution is 5.92. The normalized spacial score (nSPS) is 22.9. The number of carbonyl (C=O) groups excluding carboxylic acids is 1. The zero-order chi connectivity index (χ0) is 17.6. The van der Waals surface area contributed by atoms with E-state index in [-0.39, 0.29) is 12.5 Å². The van der Waals surface area contributed by atoms with Crippen LogP contribution >= 0.6 is 0 Å². The van der Waals surface area contributed by atoms with E-state index in [9.17, 15) is 18.7 Å². The molecule has 1 saturated heterocycles. The number of benzene rings is 1. The number of hydrogen-bond donors (Lipinski definition) is 1. The molecule has 1 aromatic heterocycles. The zero-order valence-electron chi connectivity index (χ0n) is 13.7. The van der Waals surface area contributed by atoms with Gasteiger partial charge >= 0.3 is 0 Å². The van der Waals surface area contributed by atoms with Crippen LogP contribution in [-0.4, -0.2) is 38.1 Å². The van der Waals surface area contributed by atoms with Gasteiger partial charge in [0.2, 0.25) is 0 Å². The molecule has 0 saturated carbocycles. The molecule has 0 spiro atoms. The van der Waals surface area contributed by atoms with E-state index in [0.29, 0.717) is 17.7 Å². The third-order valence-corrected chi connectivity index (χ3v) is 5.00. The van der Waals surface area contributed by atoms with E-state index < -0.39 is 23.8 Å². The first-order chi connectivity index (χ1) is 12.0. The summed E-state index contributed by atoms with van der Waals surface area (Å²) in [5.74, 6) is -1.27. The Morgan fingerprint density at radius 1 is 1.24 bits per heavy atom. The number of imidazole rings is 1. The van der Waals surface area contributed by atoms with E-state index in [2.05, 4.69) is 4.98 Å². The van der Waals surface area contributed by atoms with Crippen LogP contribution in [0.5, 0.6) is 0 Å². The van der Waals surface area contributed by atoms with Gasteiger partial charge in [0.25, 0.3) is 5.91 Å². The fraction of sp³-hybridized carbons (Fsp3) is 0.444. The predicted molar refractivity (Wildman–Crippen MR) is 85.9 cm³/mol. The number of fused-ring (bicyclic) bond motifs is 1. The molecule has 132 valence electrons. The Kier molecular flexibility index (Phi) is 4.03. The fourth-order valence-electron chi connectivity index (χ4n) is 3.74. The largest absolute Gasteiger partial charge is 0.391 e. The fourth-order valence-corrected chi connectivity index (χ4v) is 3.74. The average molecular weight is 347 g/mol. The van der Waals surface area contributed by atoms with Gasteiger partial charge in [-0.25, -0.2) is 13.8 Å². The Hall–Kier alpha value is -2.28. The molecule has 1 fully saturated rings. The smallest absolute Gasteiger partial charge is 0.274 e. The Morgan fingerprint density at radius 3 is 2.84 bits per heavy atom. The number of aryl methyl sites for hydroxylation is 2. The van der Waals surface area contributed by atoms with Crippen LogP contribution in [0.15, 0.2) is 24.4 Å². The topological polar surface area (TPSA) is 58.4 Å². The third kappa shape index (κ3) is 2.93. The molecule has 1 aromatic carbocycles. The number of aliphatic hydroxyl groups is 1. The van der Waals surface area contributed by atoms with Crippen molar-refractivity contribution in [2.75, 3.05) is 6.54 Å². The van der Waals surface area contributed by atoms with E-state index >= 15 is 0 Å². The summed E-state index contributed by atoms with van der Waals surface area (Å²) >= 11 is 0. The van der Waals surface area contributed by atoms with Crippen LogP contribution in [0.3, 0.4) is 0 Å². The summed E-state index contributed by atoms with van der Waals surface area (Å²) in [6.07, 6.45) is 4.33. The quantitative estimate of drug-likeness (QED) is 0.908. The minimum Gasteiger partial charge on any atom is -0.391 e. The zero-order valence-corrected chi connectivity index (χ0v) is 13.7. The van der Waals surface area contributed by atoms with Crippen LogP contribution in [0.25, 0.3) is 0 Å². The van der Waals surface area contributed by atoms with Crippen molar-refractivity contribution < 1.29 is 18.7 Å². The van der Waals surface area contributed by atoms with Gasteiger partial charge in [0.1, 0.15) is 11.5 Å². The number of halogens is 2. The highest BCUT2D eigenvalue weighted by Gasteiger charge is 2.37. The first-order valence-electron chi connectivity index (χ1n) is 8.53. The van der Waals surface area contributed by atoms with Crippen LogP contribution in [0.1, 0.15) is 47.2 Å². The molecule has 2 aromatic rings. The summed E-state index contributed by atoms with van der Waals surface area (Å²) < 4.78 is 28.8. The maximum absolute atomic E-state index is 13.6. The Balaban J connectivity index is 1.63. The molecule has 0 radical (unpaired) electrons. The molecule has 7 heteroatoms. The summed E-state index contributed by atoms with van der Waals surface area (Å²) in [5, 5.41) is 10.0. The maximum Gasteiger partial charge on any atom is 0.274 e. The maximum atomic E-state index is 13.6.